The van der Waals surface area contributed by atoms with Gasteiger partial charge in [-0.3, -0.25) is 4.79 Å². The Balaban J connectivity index is 1.97. The lowest BCUT2D eigenvalue weighted by atomic mass is 9.48. The fourth-order valence-electron chi connectivity index (χ4n) is 6.26. The Morgan fingerprint density at radius 3 is 2.50 bits per heavy atom. The second-order valence-electron chi connectivity index (χ2n) is 9.36. The van der Waals surface area contributed by atoms with Crippen molar-refractivity contribution in [3.63, 3.8) is 0 Å². The summed E-state index contributed by atoms with van der Waals surface area (Å²) in [7, 11) is 0. The van der Waals surface area contributed by atoms with Crippen LogP contribution >= 0.6 is 0 Å². The maximum atomic E-state index is 12.5. The average Bonchev–Trinajstić information content (AvgIpc) is 2.44. The minimum Gasteiger partial charge on any atom is -0.303 e. The predicted molar refractivity (Wildman–Crippen MR) is 88.4 cm³/mol. The van der Waals surface area contributed by atoms with Crippen LogP contribution in [-0.2, 0) is 9.59 Å². The highest BCUT2D eigenvalue weighted by Gasteiger charge is 2.53. The van der Waals surface area contributed by atoms with Gasteiger partial charge in [-0.25, -0.2) is 0 Å². The molecule has 3 aliphatic carbocycles. The molecule has 0 heterocycles. The van der Waals surface area contributed by atoms with Crippen LogP contribution in [0.25, 0.3) is 0 Å². The molecule has 2 nitrogen and oxygen atoms in total. The molecule has 3 rings (SSSR count). The summed E-state index contributed by atoms with van der Waals surface area (Å²) in [4.78, 5) is 24.0. The third-order valence-electron chi connectivity index (χ3n) is 7.96. The van der Waals surface area contributed by atoms with Crippen LogP contribution < -0.4 is 0 Å². The van der Waals surface area contributed by atoms with Crippen molar-refractivity contribution in [3.05, 3.63) is 0 Å². The van der Waals surface area contributed by atoms with Gasteiger partial charge in [0.1, 0.15) is 12.1 Å². The molecule has 3 aliphatic rings. The van der Waals surface area contributed by atoms with Gasteiger partial charge in [-0.05, 0) is 60.2 Å². The van der Waals surface area contributed by atoms with Crippen molar-refractivity contribution in [3.8, 4) is 0 Å². The lowest BCUT2D eigenvalue weighted by Gasteiger charge is -2.56. The largest absolute Gasteiger partial charge is 0.303 e. The quantitative estimate of drug-likeness (QED) is 0.521. The first kappa shape index (κ1) is 16.2. The van der Waals surface area contributed by atoms with Crippen molar-refractivity contribution in [2.24, 2.45) is 40.4 Å². The SMILES string of the molecule is C[C@@H]1CCC[C@@]2(C)CC[C@H]3[C@H](C=O)C(=O)C[C@@H](C[C@H]12)C3(C)C. The molecular weight excluding hydrogens is 272 g/mol. The number of hydrogen-bond acceptors (Lipinski definition) is 2. The van der Waals surface area contributed by atoms with Gasteiger partial charge >= 0.3 is 0 Å². The van der Waals surface area contributed by atoms with E-state index >= 15 is 0 Å². The van der Waals surface area contributed by atoms with Gasteiger partial charge < -0.3 is 4.79 Å². The third-order valence-corrected chi connectivity index (χ3v) is 7.96. The van der Waals surface area contributed by atoms with Crippen LogP contribution in [0.1, 0.15) is 72.6 Å². The van der Waals surface area contributed by atoms with E-state index in [1.54, 1.807) is 0 Å². The standard InChI is InChI=1S/C20H32O2/c1-13-6-5-8-20(4)9-7-16-15(12-21)18(22)11-14(10-17(13)20)19(16,2)3/h12-17H,5-11H2,1-4H3/t13-,14-,15+,16+,17-,20+/m1/s1. The maximum absolute atomic E-state index is 12.5. The van der Waals surface area contributed by atoms with Crippen molar-refractivity contribution in [2.45, 2.75) is 72.6 Å². The smallest absolute Gasteiger partial charge is 0.143 e. The van der Waals surface area contributed by atoms with E-state index in [-0.39, 0.29) is 23.0 Å². The molecule has 0 spiro atoms. The first-order valence-corrected chi connectivity index (χ1v) is 9.27. The topological polar surface area (TPSA) is 34.1 Å². The van der Waals surface area contributed by atoms with E-state index in [9.17, 15) is 9.59 Å². The van der Waals surface area contributed by atoms with Crippen LogP contribution in [-0.4, -0.2) is 12.1 Å². The van der Waals surface area contributed by atoms with Crippen LogP contribution in [0.3, 0.4) is 0 Å². The summed E-state index contributed by atoms with van der Waals surface area (Å²) in [6.07, 6.45) is 9.06. The Kier molecular flexibility index (Phi) is 4.02. The molecule has 0 aromatic rings. The zero-order valence-corrected chi connectivity index (χ0v) is 14.7. The van der Waals surface area contributed by atoms with E-state index < -0.39 is 0 Å². The Bertz CT molecular complexity index is 466. The van der Waals surface area contributed by atoms with Gasteiger partial charge in [0.25, 0.3) is 0 Å². The van der Waals surface area contributed by atoms with E-state index in [4.69, 9.17) is 0 Å². The first-order chi connectivity index (χ1) is 10.3. The fourth-order valence-corrected chi connectivity index (χ4v) is 6.26. The van der Waals surface area contributed by atoms with Crippen LogP contribution in [0.15, 0.2) is 0 Å². The van der Waals surface area contributed by atoms with Crippen molar-refractivity contribution >= 4 is 12.1 Å². The molecule has 22 heavy (non-hydrogen) atoms. The van der Waals surface area contributed by atoms with Gasteiger partial charge in [0.05, 0.1) is 5.92 Å². The number of aldehydes is 1. The van der Waals surface area contributed by atoms with Gasteiger partial charge in [-0.15, -0.1) is 0 Å². The van der Waals surface area contributed by atoms with E-state index in [0.29, 0.717) is 17.8 Å². The Morgan fingerprint density at radius 2 is 1.82 bits per heavy atom. The van der Waals surface area contributed by atoms with Crippen LogP contribution in [0.5, 0.6) is 0 Å². The van der Waals surface area contributed by atoms with Crippen molar-refractivity contribution < 1.29 is 9.59 Å². The molecule has 3 fully saturated rings. The number of ketones is 1. The molecule has 0 saturated heterocycles. The second-order valence-corrected chi connectivity index (χ2v) is 9.36. The Morgan fingerprint density at radius 1 is 1.09 bits per heavy atom. The summed E-state index contributed by atoms with van der Waals surface area (Å²) >= 11 is 0. The zero-order valence-electron chi connectivity index (χ0n) is 14.7. The van der Waals surface area contributed by atoms with Crippen LogP contribution in [0.4, 0.5) is 0 Å². The molecule has 2 bridgehead atoms. The molecule has 6 atom stereocenters. The monoisotopic (exact) mass is 304 g/mol. The van der Waals surface area contributed by atoms with Gasteiger partial charge in [0.15, 0.2) is 0 Å². The van der Waals surface area contributed by atoms with Gasteiger partial charge in [0, 0.05) is 6.42 Å². The van der Waals surface area contributed by atoms with Gasteiger partial charge in [-0.1, -0.05) is 40.5 Å². The molecular formula is C20H32O2. The number of carbonyl (C=O) groups excluding carboxylic acids is 2. The fraction of sp³-hybridized carbons (Fsp3) is 0.900. The van der Waals surface area contributed by atoms with E-state index in [1.165, 1.54) is 32.1 Å². The predicted octanol–water partition coefficient (Wildman–Crippen LogP) is 4.66. The number of hydrogen-bond donors (Lipinski definition) is 0. The summed E-state index contributed by atoms with van der Waals surface area (Å²) in [6, 6.07) is 0. The van der Waals surface area contributed by atoms with E-state index in [1.807, 2.05) is 0 Å². The third kappa shape index (κ3) is 2.37. The highest BCUT2D eigenvalue weighted by Crippen LogP contribution is 2.59. The van der Waals surface area contributed by atoms with Crippen molar-refractivity contribution in [1.82, 2.24) is 0 Å². The molecule has 0 radical (unpaired) electrons. The molecule has 0 N–H and O–H groups in total. The van der Waals surface area contributed by atoms with E-state index in [0.717, 1.165) is 24.5 Å². The number of Topliss-reactive ketones (excluding diaryl/α,β-unsaturated/α-hetero) is 1. The minimum atomic E-state index is -0.340. The summed E-state index contributed by atoms with van der Waals surface area (Å²) in [5.41, 5.74) is 0.552. The van der Waals surface area contributed by atoms with Crippen molar-refractivity contribution in [2.75, 3.05) is 0 Å². The zero-order chi connectivity index (χ0) is 16.1. The summed E-state index contributed by atoms with van der Waals surface area (Å²) in [5.74, 6) is 2.14. The highest BCUT2D eigenvalue weighted by molar-refractivity contribution is 5.94. The summed E-state index contributed by atoms with van der Waals surface area (Å²) < 4.78 is 0. The number of carbonyl (C=O) groups is 2. The lowest BCUT2D eigenvalue weighted by molar-refractivity contribution is -0.145. The first-order valence-electron chi connectivity index (χ1n) is 9.27. The molecule has 0 amide bonds. The van der Waals surface area contributed by atoms with Crippen LogP contribution in [0, 0.1) is 40.4 Å². The van der Waals surface area contributed by atoms with E-state index in [2.05, 4.69) is 27.7 Å². The van der Waals surface area contributed by atoms with Crippen molar-refractivity contribution in [1.29, 1.82) is 0 Å². The summed E-state index contributed by atoms with van der Waals surface area (Å²) in [6.45, 7) is 9.55. The second kappa shape index (κ2) is 5.46. The number of rotatable bonds is 1. The Labute approximate surface area is 135 Å². The maximum Gasteiger partial charge on any atom is 0.143 e. The molecule has 2 heteroatoms. The highest BCUT2D eigenvalue weighted by atomic mass is 16.1. The lowest BCUT2D eigenvalue weighted by Crippen LogP contribution is -2.51. The molecule has 0 aromatic heterocycles. The average molecular weight is 304 g/mol. The van der Waals surface area contributed by atoms with Crippen LogP contribution in [0.2, 0.25) is 0 Å². The summed E-state index contributed by atoms with van der Waals surface area (Å²) in [5, 5.41) is 0. The number of fused-ring (bicyclic) bond motifs is 3. The Hall–Kier alpha value is -0.660. The molecule has 0 aliphatic heterocycles. The minimum absolute atomic E-state index is 0.123. The van der Waals surface area contributed by atoms with Gasteiger partial charge in [0.2, 0.25) is 0 Å². The molecule has 124 valence electrons. The van der Waals surface area contributed by atoms with Gasteiger partial charge in [-0.2, -0.15) is 0 Å². The molecule has 0 unspecified atom stereocenters. The normalized spacial score (nSPS) is 48.0. The molecule has 3 saturated carbocycles. The molecule has 0 aromatic carbocycles.